The zero-order valence-electron chi connectivity index (χ0n) is 17.5. The SMILES string of the molecule is CC(=O)O[C@@H]1[C@@H](OC(C)=O)[C@@H](Oc2cncc(-c3ccnc(F)c3)c2)SC[C@H]1OC(C)=O. The average molecular weight is 464 g/mol. The quantitative estimate of drug-likeness (QED) is 0.359. The lowest BCUT2D eigenvalue weighted by Gasteiger charge is -2.39. The largest absolute Gasteiger partial charge is 0.474 e. The van der Waals surface area contributed by atoms with E-state index in [1.807, 2.05) is 0 Å². The molecule has 1 saturated heterocycles. The molecule has 1 aliphatic heterocycles. The van der Waals surface area contributed by atoms with Crippen molar-refractivity contribution in [2.45, 2.75) is 44.5 Å². The number of rotatable bonds is 6. The summed E-state index contributed by atoms with van der Waals surface area (Å²) in [5, 5.41) is 0. The van der Waals surface area contributed by atoms with Crippen LogP contribution in [-0.4, -0.2) is 57.4 Å². The highest BCUT2D eigenvalue weighted by molar-refractivity contribution is 7.99. The van der Waals surface area contributed by atoms with E-state index in [-0.39, 0.29) is 5.75 Å². The van der Waals surface area contributed by atoms with Crippen molar-refractivity contribution in [3.05, 3.63) is 42.7 Å². The second kappa shape index (κ2) is 10.4. The van der Waals surface area contributed by atoms with Gasteiger partial charge in [-0.3, -0.25) is 19.4 Å². The molecule has 0 bridgehead atoms. The van der Waals surface area contributed by atoms with Crippen molar-refractivity contribution in [2.75, 3.05) is 5.75 Å². The third-order valence-electron chi connectivity index (χ3n) is 4.33. The van der Waals surface area contributed by atoms with Crippen LogP contribution in [0.4, 0.5) is 4.39 Å². The van der Waals surface area contributed by atoms with Crippen LogP contribution in [0.1, 0.15) is 20.8 Å². The normalized spacial score (nSPS) is 22.5. The standard InChI is InChI=1S/C21H21FN2O7S/c1-11(25)28-17-10-32-21(20(30-13(3)27)19(17)29-12(2)26)31-16-6-15(8-23-9-16)14-4-5-24-18(22)7-14/h4-9,17,19-21H,10H2,1-3H3/t17-,19+,20-,21+/m1/s1. The molecule has 32 heavy (non-hydrogen) atoms. The van der Waals surface area contributed by atoms with Gasteiger partial charge in [0.15, 0.2) is 23.7 Å². The van der Waals surface area contributed by atoms with E-state index < -0.39 is 47.6 Å². The highest BCUT2D eigenvalue weighted by Crippen LogP contribution is 2.35. The van der Waals surface area contributed by atoms with Gasteiger partial charge in [-0.15, -0.1) is 11.8 Å². The topological polar surface area (TPSA) is 114 Å². The molecular weight excluding hydrogens is 443 g/mol. The molecule has 9 nitrogen and oxygen atoms in total. The van der Waals surface area contributed by atoms with Crippen molar-refractivity contribution >= 4 is 29.7 Å². The van der Waals surface area contributed by atoms with Gasteiger partial charge < -0.3 is 18.9 Å². The van der Waals surface area contributed by atoms with E-state index in [2.05, 4.69) is 9.97 Å². The first-order valence-corrected chi connectivity index (χ1v) is 10.6. The highest BCUT2D eigenvalue weighted by atomic mass is 32.2. The molecule has 11 heteroatoms. The van der Waals surface area contributed by atoms with Crippen LogP contribution >= 0.6 is 11.8 Å². The smallest absolute Gasteiger partial charge is 0.303 e. The maximum absolute atomic E-state index is 13.5. The molecule has 0 N–H and O–H groups in total. The summed E-state index contributed by atoms with van der Waals surface area (Å²) in [5.41, 5.74) is 0.347. The first kappa shape index (κ1) is 23.5. The average Bonchev–Trinajstić information content (AvgIpc) is 2.71. The van der Waals surface area contributed by atoms with Gasteiger partial charge >= 0.3 is 17.9 Å². The van der Waals surface area contributed by atoms with Gasteiger partial charge in [-0.2, -0.15) is 4.39 Å². The molecule has 170 valence electrons. The number of pyridine rings is 2. The number of ether oxygens (including phenoxy) is 4. The molecule has 0 amide bonds. The number of halogens is 1. The summed E-state index contributed by atoms with van der Waals surface area (Å²) in [5.74, 6) is -1.88. The molecule has 0 aliphatic carbocycles. The zero-order valence-corrected chi connectivity index (χ0v) is 18.3. The number of nitrogens with zero attached hydrogens (tertiary/aromatic N) is 2. The highest BCUT2D eigenvalue weighted by Gasteiger charge is 2.47. The molecule has 0 unspecified atom stereocenters. The van der Waals surface area contributed by atoms with Crippen LogP contribution in [0.2, 0.25) is 0 Å². The van der Waals surface area contributed by atoms with Gasteiger partial charge in [0.1, 0.15) is 5.75 Å². The van der Waals surface area contributed by atoms with Crippen molar-refractivity contribution in [2.24, 2.45) is 0 Å². The van der Waals surface area contributed by atoms with E-state index in [0.29, 0.717) is 16.9 Å². The van der Waals surface area contributed by atoms with Gasteiger partial charge in [-0.1, -0.05) is 0 Å². The Hall–Kier alpha value is -3.21. The number of thioether (sulfide) groups is 1. The van der Waals surface area contributed by atoms with E-state index in [9.17, 15) is 18.8 Å². The minimum Gasteiger partial charge on any atom is -0.474 e. The van der Waals surface area contributed by atoms with E-state index in [1.54, 1.807) is 12.1 Å². The molecule has 0 saturated carbocycles. The molecule has 3 heterocycles. The maximum Gasteiger partial charge on any atom is 0.303 e. The van der Waals surface area contributed by atoms with Gasteiger partial charge in [-0.25, -0.2) is 4.98 Å². The Kier molecular flexibility index (Phi) is 7.62. The summed E-state index contributed by atoms with van der Waals surface area (Å²) in [4.78, 5) is 42.6. The lowest BCUT2D eigenvalue weighted by molar-refractivity contribution is -0.186. The third-order valence-corrected chi connectivity index (χ3v) is 5.54. The summed E-state index contributed by atoms with van der Waals surface area (Å²) < 4.78 is 35.5. The van der Waals surface area contributed by atoms with Crippen LogP contribution in [0.3, 0.4) is 0 Å². The second-order valence-corrected chi connectivity index (χ2v) is 8.02. The van der Waals surface area contributed by atoms with E-state index in [1.165, 1.54) is 57.2 Å². The fourth-order valence-corrected chi connectivity index (χ4v) is 4.38. The molecule has 0 aromatic carbocycles. The number of esters is 3. The Morgan fingerprint density at radius 2 is 1.66 bits per heavy atom. The number of aromatic nitrogens is 2. The minimum absolute atomic E-state index is 0.239. The fraction of sp³-hybridized carbons (Fsp3) is 0.381. The molecule has 4 atom stereocenters. The lowest BCUT2D eigenvalue weighted by atomic mass is 10.1. The van der Waals surface area contributed by atoms with Crippen LogP contribution in [0.25, 0.3) is 11.1 Å². The van der Waals surface area contributed by atoms with Crippen molar-refractivity contribution in [1.29, 1.82) is 0 Å². The summed E-state index contributed by atoms with van der Waals surface area (Å²) in [6, 6.07) is 4.53. The molecule has 0 spiro atoms. The first-order valence-electron chi connectivity index (χ1n) is 9.60. The number of hydrogen-bond acceptors (Lipinski definition) is 10. The van der Waals surface area contributed by atoms with Crippen molar-refractivity contribution < 1.29 is 37.7 Å². The van der Waals surface area contributed by atoms with Crippen LogP contribution in [-0.2, 0) is 28.6 Å². The van der Waals surface area contributed by atoms with Crippen LogP contribution in [0.15, 0.2) is 36.8 Å². The van der Waals surface area contributed by atoms with Crippen molar-refractivity contribution in [1.82, 2.24) is 9.97 Å². The van der Waals surface area contributed by atoms with Crippen LogP contribution < -0.4 is 4.74 Å². The van der Waals surface area contributed by atoms with Crippen LogP contribution in [0.5, 0.6) is 5.75 Å². The van der Waals surface area contributed by atoms with Crippen LogP contribution in [0, 0.1) is 5.95 Å². The van der Waals surface area contributed by atoms with Gasteiger partial charge in [-0.05, 0) is 17.7 Å². The molecule has 1 aliphatic rings. The molecule has 0 radical (unpaired) electrons. The Morgan fingerprint density at radius 1 is 0.969 bits per heavy atom. The molecule has 2 aromatic heterocycles. The predicted molar refractivity (Wildman–Crippen MR) is 111 cm³/mol. The summed E-state index contributed by atoms with van der Waals surface area (Å²) >= 11 is 1.23. The Morgan fingerprint density at radius 3 is 2.31 bits per heavy atom. The van der Waals surface area contributed by atoms with E-state index >= 15 is 0 Å². The van der Waals surface area contributed by atoms with Gasteiger partial charge in [0.05, 0.1) is 6.20 Å². The number of hydrogen-bond donors (Lipinski definition) is 0. The monoisotopic (exact) mass is 464 g/mol. The van der Waals surface area contributed by atoms with Gasteiger partial charge in [0.2, 0.25) is 5.95 Å². The Labute approximate surface area is 187 Å². The maximum atomic E-state index is 13.5. The second-order valence-electron chi connectivity index (χ2n) is 6.89. The van der Waals surface area contributed by atoms with Gasteiger partial charge in [0, 0.05) is 50.5 Å². The summed E-state index contributed by atoms with van der Waals surface area (Å²) in [6.07, 6.45) is 1.39. The zero-order chi connectivity index (χ0) is 23.3. The number of carbonyl (C=O) groups excluding carboxylic acids is 3. The Balaban J connectivity index is 1.87. The fourth-order valence-electron chi connectivity index (χ4n) is 3.17. The minimum atomic E-state index is -1.06. The Bertz CT molecular complexity index is 1010. The van der Waals surface area contributed by atoms with Gasteiger partial charge in [0.25, 0.3) is 0 Å². The molecule has 1 fully saturated rings. The summed E-state index contributed by atoms with van der Waals surface area (Å²) in [6.45, 7) is 3.65. The predicted octanol–water partition coefficient (Wildman–Crippen LogP) is 2.53. The summed E-state index contributed by atoms with van der Waals surface area (Å²) in [7, 11) is 0. The molecule has 3 rings (SSSR count). The third kappa shape index (κ3) is 6.16. The van der Waals surface area contributed by atoms with E-state index in [4.69, 9.17) is 18.9 Å². The van der Waals surface area contributed by atoms with Crippen molar-refractivity contribution in [3.63, 3.8) is 0 Å². The van der Waals surface area contributed by atoms with Crippen molar-refractivity contribution in [3.8, 4) is 16.9 Å². The number of carbonyl (C=O) groups is 3. The molecule has 2 aromatic rings. The van der Waals surface area contributed by atoms with E-state index in [0.717, 1.165) is 0 Å². The first-order chi connectivity index (χ1) is 15.2. The lowest BCUT2D eigenvalue weighted by Crippen LogP contribution is -2.55. The molecular formula is C21H21FN2O7S.